The maximum Gasteiger partial charge on any atom is 0.230 e. The predicted molar refractivity (Wildman–Crippen MR) is 65.5 cm³/mol. The number of fused-ring (bicyclic) bond motifs is 3. The zero-order valence-corrected chi connectivity index (χ0v) is 9.74. The number of nitrogens with two attached hydrogens (primary N) is 1. The smallest absolute Gasteiger partial charge is 0.230 e. The molecular formula is C12H10ClN3O. The van der Waals surface area contributed by atoms with Crippen molar-refractivity contribution in [1.29, 1.82) is 0 Å². The molecule has 1 aromatic heterocycles. The number of anilines is 1. The van der Waals surface area contributed by atoms with Gasteiger partial charge in [0.05, 0.1) is 5.56 Å². The number of hydrogen-bond donors (Lipinski definition) is 1. The molecule has 0 saturated heterocycles. The Bertz CT molecular complexity index is 613. The molecule has 1 aromatic carbocycles. The van der Waals surface area contributed by atoms with E-state index in [-0.39, 0.29) is 5.15 Å². The number of nitrogens with zero attached hydrogens (tertiary/aromatic N) is 2. The zero-order valence-electron chi connectivity index (χ0n) is 8.98. The number of aromatic nitrogens is 2. The lowest BCUT2D eigenvalue weighted by molar-refractivity contribution is -0.676. The van der Waals surface area contributed by atoms with Gasteiger partial charge in [0.25, 0.3) is 0 Å². The van der Waals surface area contributed by atoms with Crippen molar-refractivity contribution in [2.75, 3.05) is 5.73 Å². The van der Waals surface area contributed by atoms with Crippen molar-refractivity contribution < 1.29 is 4.85 Å². The Hall–Kier alpha value is -1.81. The van der Waals surface area contributed by atoms with E-state index in [1.165, 1.54) is 5.56 Å². The highest BCUT2D eigenvalue weighted by atomic mass is 35.5. The van der Waals surface area contributed by atoms with Gasteiger partial charge in [-0.15, -0.1) is 0 Å². The fourth-order valence-corrected chi connectivity index (χ4v) is 2.44. The standard InChI is InChI=1S/C12H10ClN3O/c13-12-6-10-9-5-8(14)3-1-7(9)2-4-11(10)16(17)15-12/h1,3,5-6H,2,4,14H2. The number of rotatable bonds is 0. The second kappa shape index (κ2) is 3.60. The first-order valence-corrected chi connectivity index (χ1v) is 5.71. The molecule has 0 unspecified atom stereocenters. The molecule has 5 heteroatoms. The second-order valence-electron chi connectivity index (χ2n) is 4.12. The second-order valence-corrected chi connectivity index (χ2v) is 4.50. The number of benzene rings is 1. The Morgan fingerprint density at radius 1 is 1.24 bits per heavy atom. The van der Waals surface area contributed by atoms with Crippen LogP contribution < -0.4 is 10.6 Å². The molecule has 4 nitrogen and oxygen atoms in total. The number of halogens is 1. The van der Waals surface area contributed by atoms with Crippen LogP contribution in [0.25, 0.3) is 11.1 Å². The maximum atomic E-state index is 11.7. The van der Waals surface area contributed by atoms with E-state index in [2.05, 4.69) is 5.10 Å². The lowest BCUT2D eigenvalue weighted by Crippen LogP contribution is -2.38. The van der Waals surface area contributed by atoms with Crippen molar-refractivity contribution >= 4 is 17.3 Å². The van der Waals surface area contributed by atoms with Gasteiger partial charge in [0.15, 0.2) is 5.15 Å². The molecule has 1 aliphatic rings. The lowest BCUT2D eigenvalue weighted by atomic mass is 9.89. The van der Waals surface area contributed by atoms with E-state index in [0.717, 1.165) is 17.5 Å². The first-order valence-electron chi connectivity index (χ1n) is 5.33. The molecular weight excluding hydrogens is 238 g/mol. The van der Waals surface area contributed by atoms with Gasteiger partial charge >= 0.3 is 0 Å². The van der Waals surface area contributed by atoms with Gasteiger partial charge in [0.1, 0.15) is 0 Å². The van der Waals surface area contributed by atoms with Crippen molar-refractivity contribution in [3.05, 3.63) is 45.9 Å². The van der Waals surface area contributed by atoms with Crippen LogP contribution in [0.15, 0.2) is 24.3 Å². The molecule has 1 aliphatic carbocycles. The van der Waals surface area contributed by atoms with Gasteiger partial charge in [-0.3, -0.25) is 0 Å². The minimum atomic E-state index is 0.203. The first-order chi connectivity index (χ1) is 8.15. The summed E-state index contributed by atoms with van der Waals surface area (Å²) >= 11 is 5.83. The predicted octanol–water partition coefficient (Wildman–Crippen LogP) is 1.72. The third kappa shape index (κ3) is 1.61. The Morgan fingerprint density at radius 2 is 2.06 bits per heavy atom. The average molecular weight is 248 g/mol. The van der Waals surface area contributed by atoms with Crippen LogP contribution in [0.5, 0.6) is 0 Å². The Labute approximate surface area is 103 Å². The van der Waals surface area contributed by atoms with E-state index in [1.54, 1.807) is 6.07 Å². The van der Waals surface area contributed by atoms with Gasteiger partial charge in [-0.1, -0.05) is 22.5 Å². The highest BCUT2D eigenvalue weighted by Crippen LogP contribution is 2.33. The molecule has 0 spiro atoms. The minimum Gasteiger partial charge on any atom is -0.594 e. The summed E-state index contributed by atoms with van der Waals surface area (Å²) < 4.78 is 0. The van der Waals surface area contributed by atoms with Crippen LogP contribution in [0.2, 0.25) is 5.15 Å². The summed E-state index contributed by atoms with van der Waals surface area (Å²) in [6.45, 7) is 0. The molecule has 17 heavy (non-hydrogen) atoms. The van der Waals surface area contributed by atoms with Crippen LogP contribution in [-0.4, -0.2) is 5.10 Å². The molecule has 0 aliphatic heterocycles. The van der Waals surface area contributed by atoms with E-state index in [4.69, 9.17) is 17.3 Å². The van der Waals surface area contributed by atoms with E-state index in [9.17, 15) is 5.21 Å². The van der Waals surface area contributed by atoms with Crippen LogP contribution in [0.4, 0.5) is 5.69 Å². The van der Waals surface area contributed by atoms with E-state index in [1.807, 2.05) is 18.2 Å². The minimum absolute atomic E-state index is 0.203. The van der Waals surface area contributed by atoms with Crippen molar-refractivity contribution in [3.8, 4) is 11.1 Å². The summed E-state index contributed by atoms with van der Waals surface area (Å²) in [5.74, 6) is 0. The summed E-state index contributed by atoms with van der Waals surface area (Å²) in [5, 5.41) is 15.5. The molecule has 86 valence electrons. The van der Waals surface area contributed by atoms with Gasteiger partial charge < -0.3 is 10.9 Å². The third-order valence-electron chi connectivity index (χ3n) is 3.05. The lowest BCUT2D eigenvalue weighted by Gasteiger charge is -2.17. The van der Waals surface area contributed by atoms with Crippen molar-refractivity contribution in [1.82, 2.24) is 5.10 Å². The summed E-state index contributed by atoms with van der Waals surface area (Å²) in [6.07, 6.45) is 1.51. The fourth-order valence-electron chi connectivity index (χ4n) is 2.26. The topological polar surface area (TPSA) is 65.8 Å². The highest BCUT2D eigenvalue weighted by molar-refractivity contribution is 6.29. The first kappa shape index (κ1) is 10.4. The number of nitrogen functional groups attached to an aromatic ring is 1. The molecule has 0 amide bonds. The number of hydrogen-bond acceptors (Lipinski definition) is 3. The quantitative estimate of drug-likeness (QED) is 0.438. The SMILES string of the molecule is Nc1ccc2c(c1)-c1cc(Cl)n[n+]([O-])c1CC2. The van der Waals surface area contributed by atoms with Gasteiger partial charge in [0.2, 0.25) is 5.69 Å². The largest absolute Gasteiger partial charge is 0.594 e. The van der Waals surface area contributed by atoms with Crippen molar-refractivity contribution in [2.24, 2.45) is 0 Å². The molecule has 2 aromatic rings. The Kier molecular flexibility index (Phi) is 2.19. The van der Waals surface area contributed by atoms with Crippen molar-refractivity contribution in [2.45, 2.75) is 12.8 Å². The van der Waals surface area contributed by atoms with Crippen LogP contribution in [0, 0.1) is 5.21 Å². The molecule has 3 rings (SSSR count). The Morgan fingerprint density at radius 3 is 2.88 bits per heavy atom. The molecule has 0 bridgehead atoms. The highest BCUT2D eigenvalue weighted by Gasteiger charge is 2.24. The molecule has 2 N–H and O–H groups in total. The van der Waals surface area contributed by atoms with E-state index >= 15 is 0 Å². The average Bonchev–Trinajstić information content (AvgIpc) is 2.28. The van der Waals surface area contributed by atoms with Crippen LogP contribution >= 0.6 is 11.6 Å². The molecule has 0 radical (unpaired) electrons. The van der Waals surface area contributed by atoms with Gasteiger partial charge in [0, 0.05) is 17.2 Å². The monoisotopic (exact) mass is 247 g/mol. The van der Waals surface area contributed by atoms with Crippen LogP contribution in [0.3, 0.4) is 0 Å². The van der Waals surface area contributed by atoms with Gasteiger partial charge in [-0.25, -0.2) is 0 Å². The van der Waals surface area contributed by atoms with Crippen LogP contribution in [-0.2, 0) is 12.8 Å². The maximum absolute atomic E-state index is 11.7. The van der Waals surface area contributed by atoms with Crippen molar-refractivity contribution in [3.63, 3.8) is 0 Å². The molecule has 0 saturated carbocycles. The molecule has 0 fully saturated rings. The van der Waals surface area contributed by atoms with Gasteiger partial charge in [-0.05, 0) is 35.7 Å². The molecule has 0 atom stereocenters. The van der Waals surface area contributed by atoms with Gasteiger partial charge in [-0.2, -0.15) is 0 Å². The summed E-state index contributed by atoms with van der Waals surface area (Å²) in [7, 11) is 0. The third-order valence-corrected chi connectivity index (χ3v) is 3.23. The zero-order chi connectivity index (χ0) is 12.0. The fraction of sp³-hybridized carbons (Fsp3) is 0.167. The van der Waals surface area contributed by atoms with E-state index < -0.39 is 0 Å². The summed E-state index contributed by atoms with van der Waals surface area (Å²) in [6, 6.07) is 7.47. The van der Waals surface area contributed by atoms with E-state index in [0.29, 0.717) is 22.6 Å². The summed E-state index contributed by atoms with van der Waals surface area (Å²) in [4.78, 5) is 0.615. The Balaban J connectivity index is 2.31. The number of aryl methyl sites for hydroxylation is 1. The summed E-state index contributed by atoms with van der Waals surface area (Å²) in [5.41, 5.74) is 10.1. The van der Waals surface area contributed by atoms with Crippen LogP contribution in [0.1, 0.15) is 11.3 Å². The normalized spacial score (nSPS) is 13.0. The molecule has 1 heterocycles.